The molecule has 0 spiro atoms. The molecule has 0 radical (unpaired) electrons. The number of nitrogens with one attached hydrogen (secondary N) is 1. The third kappa shape index (κ3) is 3.02. The zero-order chi connectivity index (χ0) is 14.8. The summed E-state index contributed by atoms with van der Waals surface area (Å²) in [5, 5.41) is 12.7. The Morgan fingerprint density at radius 3 is 2.67 bits per heavy atom. The molecular weight excluding hydrogens is 268 g/mol. The van der Waals surface area contributed by atoms with Crippen molar-refractivity contribution in [3.05, 3.63) is 23.9 Å². The summed E-state index contributed by atoms with van der Waals surface area (Å²) in [7, 11) is 1.58. The zero-order valence-electron chi connectivity index (χ0n) is 12.3. The van der Waals surface area contributed by atoms with Crippen molar-refractivity contribution in [2.45, 2.75) is 44.2 Å². The number of hydrogen-bond donors (Lipinski definition) is 2. The molecule has 0 aliphatic heterocycles. The number of nitrogens with zero attached hydrogens (tertiary/aromatic N) is 1. The average Bonchev–Trinajstić information content (AvgIpc) is 2.40. The molecular formula is C16H22N2O3. The summed E-state index contributed by atoms with van der Waals surface area (Å²) in [6, 6.07) is 3.70. The number of hydrogen-bond acceptors (Lipinski definition) is 4. The van der Waals surface area contributed by atoms with Crippen molar-refractivity contribution < 1.29 is 14.6 Å². The van der Waals surface area contributed by atoms with Crippen LogP contribution in [-0.2, 0) is 4.79 Å². The number of pyridine rings is 1. The van der Waals surface area contributed by atoms with Crippen molar-refractivity contribution in [2.75, 3.05) is 7.11 Å². The molecule has 5 heteroatoms. The topological polar surface area (TPSA) is 71.5 Å². The molecule has 0 bridgehead atoms. The lowest BCUT2D eigenvalue weighted by Gasteiger charge is -2.39. The van der Waals surface area contributed by atoms with Crippen LogP contribution in [0.2, 0.25) is 0 Å². The van der Waals surface area contributed by atoms with Crippen LogP contribution in [0.4, 0.5) is 0 Å². The van der Waals surface area contributed by atoms with E-state index in [1.165, 1.54) is 0 Å². The first-order valence-corrected chi connectivity index (χ1v) is 7.65. The molecule has 1 atom stereocenters. The molecule has 5 nitrogen and oxygen atoms in total. The molecule has 2 aliphatic rings. The highest BCUT2D eigenvalue weighted by Gasteiger charge is 2.37. The smallest absolute Gasteiger partial charge is 0.223 e. The fourth-order valence-electron chi connectivity index (χ4n) is 3.01. The van der Waals surface area contributed by atoms with Gasteiger partial charge in [-0.2, -0.15) is 0 Å². The van der Waals surface area contributed by atoms with E-state index in [1.807, 2.05) is 12.1 Å². The largest absolute Gasteiger partial charge is 0.481 e. The van der Waals surface area contributed by atoms with E-state index in [0.717, 1.165) is 37.7 Å². The molecule has 2 N–H and O–H groups in total. The van der Waals surface area contributed by atoms with Crippen molar-refractivity contribution in [3.8, 4) is 5.88 Å². The van der Waals surface area contributed by atoms with E-state index in [1.54, 1.807) is 13.3 Å². The Morgan fingerprint density at radius 1 is 1.43 bits per heavy atom. The molecule has 1 heterocycles. The second-order valence-corrected chi connectivity index (χ2v) is 6.13. The molecule has 21 heavy (non-hydrogen) atoms. The maximum atomic E-state index is 12.2. The van der Waals surface area contributed by atoms with E-state index >= 15 is 0 Å². The molecule has 0 aromatic carbocycles. The summed E-state index contributed by atoms with van der Waals surface area (Å²) < 4.78 is 5.07. The quantitative estimate of drug-likeness (QED) is 0.867. The van der Waals surface area contributed by atoms with Gasteiger partial charge in [-0.25, -0.2) is 4.98 Å². The number of aromatic nitrogens is 1. The minimum absolute atomic E-state index is 0.0556. The van der Waals surface area contributed by atoms with E-state index in [-0.39, 0.29) is 24.0 Å². The van der Waals surface area contributed by atoms with Gasteiger partial charge in [-0.05, 0) is 37.2 Å². The fourth-order valence-corrected chi connectivity index (χ4v) is 3.01. The van der Waals surface area contributed by atoms with Gasteiger partial charge in [-0.3, -0.25) is 4.79 Å². The number of aliphatic hydroxyl groups is 1. The van der Waals surface area contributed by atoms with Gasteiger partial charge in [-0.15, -0.1) is 0 Å². The Bertz CT molecular complexity index is 493. The number of aliphatic hydroxyl groups excluding tert-OH is 1. The van der Waals surface area contributed by atoms with Crippen molar-refractivity contribution in [2.24, 2.45) is 11.8 Å². The first kappa shape index (κ1) is 14.3. The molecule has 0 unspecified atom stereocenters. The summed E-state index contributed by atoms with van der Waals surface area (Å²) in [6.45, 7) is 0. The highest BCUT2D eigenvalue weighted by atomic mass is 16.5. The third-order valence-corrected chi connectivity index (χ3v) is 4.72. The lowest BCUT2D eigenvalue weighted by atomic mass is 9.74. The SMILES string of the molecule is COc1ccc([C@@H](NC(=O)C2CCC2)C2CC(O)C2)cn1. The van der Waals surface area contributed by atoms with Crippen molar-refractivity contribution in [1.29, 1.82) is 0 Å². The molecule has 2 fully saturated rings. The van der Waals surface area contributed by atoms with Crippen LogP contribution in [0.25, 0.3) is 0 Å². The van der Waals surface area contributed by atoms with E-state index in [2.05, 4.69) is 10.3 Å². The van der Waals surface area contributed by atoms with Gasteiger partial charge in [0.15, 0.2) is 0 Å². The molecule has 1 aromatic rings. The summed E-state index contributed by atoms with van der Waals surface area (Å²) in [5.74, 6) is 1.17. The Labute approximate surface area is 124 Å². The van der Waals surface area contributed by atoms with Gasteiger partial charge in [0.2, 0.25) is 11.8 Å². The van der Waals surface area contributed by atoms with Crippen LogP contribution < -0.4 is 10.1 Å². The molecule has 3 rings (SSSR count). The van der Waals surface area contributed by atoms with Crippen molar-refractivity contribution >= 4 is 5.91 Å². The van der Waals surface area contributed by atoms with E-state index in [0.29, 0.717) is 11.8 Å². The normalized spacial score (nSPS) is 26.4. The highest BCUT2D eigenvalue weighted by molar-refractivity contribution is 5.79. The second kappa shape index (κ2) is 6.02. The summed E-state index contributed by atoms with van der Waals surface area (Å²) in [6.07, 6.45) is 6.14. The van der Waals surface area contributed by atoms with Crippen LogP contribution >= 0.6 is 0 Å². The first-order valence-electron chi connectivity index (χ1n) is 7.65. The van der Waals surface area contributed by atoms with Gasteiger partial charge < -0.3 is 15.2 Å². The van der Waals surface area contributed by atoms with Crippen LogP contribution in [0, 0.1) is 11.8 Å². The summed E-state index contributed by atoms with van der Waals surface area (Å²) >= 11 is 0. The maximum absolute atomic E-state index is 12.2. The van der Waals surface area contributed by atoms with Gasteiger partial charge in [0.05, 0.1) is 19.3 Å². The third-order valence-electron chi connectivity index (χ3n) is 4.72. The van der Waals surface area contributed by atoms with Crippen LogP contribution in [0.15, 0.2) is 18.3 Å². The highest BCUT2D eigenvalue weighted by Crippen LogP contribution is 2.39. The van der Waals surface area contributed by atoms with Crippen LogP contribution in [-0.4, -0.2) is 29.2 Å². The molecule has 1 aromatic heterocycles. The number of methoxy groups -OCH3 is 1. The van der Waals surface area contributed by atoms with Gasteiger partial charge in [0, 0.05) is 18.2 Å². The summed E-state index contributed by atoms with van der Waals surface area (Å²) in [5.41, 5.74) is 0.986. The van der Waals surface area contributed by atoms with Crippen LogP contribution in [0.5, 0.6) is 5.88 Å². The Morgan fingerprint density at radius 2 is 2.19 bits per heavy atom. The lowest BCUT2D eigenvalue weighted by molar-refractivity contribution is -0.129. The Hall–Kier alpha value is -1.62. The maximum Gasteiger partial charge on any atom is 0.223 e. The van der Waals surface area contributed by atoms with E-state index in [9.17, 15) is 9.90 Å². The standard InChI is InChI=1S/C16H22N2O3/c1-21-14-6-5-11(9-17-14)15(12-7-13(19)8-12)18-16(20)10-3-2-4-10/h5-6,9-10,12-13,15,19H,2-4,7-8H2,1H3,(H,18,20)/t12?,13?,15-/m1/s1. The predicted molar refractivity (Wildman–Crippen MR) is 77.7 cm³/mol. The number of carbonyl (C=O) groups excluding carboxylic acids is 1. The van der Waals surface area contributed by atoms with Crippen molar-refractivity contribution in [3.63, 3.8) is 0 Å². The number of rotatable bonds is 5. The van der Waals surface area contributed by atoms with E-state index in [4.69, 9.17) is 4.74 Å². The molecule has 2 aliphatic carbocycles. The van der Waals surface area contributed by atoms with E-state index < -0.39 is 0 Å². The first-order chi connectivity index (χ1) is 10.2. The minimum Gasteiger partial charge on any atom is -0.481 e. The summed E-state index contributed by atoms with van der Waals surface area (Å²) in [4.78, 5) is 16.5. The number of ether oxygens (including phenoxy) is 1. The predicted octanol–water partition coefficient (Wildman–Crippen LogP) is 1.82. The minimum atomic E-state index is -0.232. The van der Waals surface area contributed by atoms with Crippen molar-refractivity contribution in [1.82, 2.24) is 10.3 Å². The molecule has 114 valence electrons. The molecule has 1 amide bonds. The number of carbonyl (C=O) groups is 1. The van der Waals surface area contributed by atoms with Crippen LogP contribution in [0.1, 0.15) is 43.7 Å². The van der Waals surface area contributed by atoms with Gasteiger partial charge in [0.25, 0.3) is 0 Å². The molecule has 0 saturated heterocycles. The Balaban J connectivity index is 1.72. The second-order valence-electron chi connectivity index (χ2n) is 6.13. The Kier molecular flexibility index (Phi) is 4.10. The lowest BCUT2D eigenvalue weighted by Crippen LogP contribution is -2.44. The monoisotopic (exact) mass is 290 g/mol. The van der Waals surface area contributed by atoms with Gasteiger partial charge >= 0.3 is 0 Å². The van der Waals surface area contributed by atoms with Gasteiger partial charge in [0.1, 0.15) is 0 Å². The average molecular weight is 290 g/mol. The number of amides is 1. The van der Waals surface area contributed by atoms with Crippen LogP contribution in [0.3, 0.4) is 0 Å². The van der Waals surface area contributed by atoms with Gasteiger partial charge in [-0.1, -0.05) is 12.5 Å². The zero-order valence-corrected chi connectivity index (χ0v) is 12.3. The molecule has 2 saturated carbocycles. The fraction of sp³-hybridized carbons (Fsp3) is 0.625.